The van der Waals surface area contributed by atoms with E-state index in [1.165, 1.54) is 17.2 Å². The summed E-state index contributed by atoms with van der Waals surface area (Å²) in [5, 5.41) is 8.38. The molecule has 6 nitrogen and oxygen atoms in total. The Bertz CT molecular complexity index is 453. The van der Waals surface area contributed by atoms with E-state index in [0.717, 1.165) is 0 Å². The molecule has 18 heavy (non-hydrogen) atoms. The van der Waals surface area contributed by atoms with Gasteiger partial charge >= 0.3 is 5.97 Å². The van der Waals surface area contributed by atoms with Gasteiger partial charge in [0.25, 0.3) is 5.91 Å². The first-order valence-electron chi connectivity index (χ1n) is 5.34. The Morgan fingerprint density at radius 2 is 2.28 bits per heavy atom. The average Bonchev–Trinajstić information content (AvgIpc) is 2.42. The van der Waals surface area contributed by atoms with Crippen molar-refractivity contribution in [3.63, 3.8) is 0 Å². The Morgan fingerprint density at radius 3 is 2.89 bits per heavy atom. The molecule has 94 valence electrons. The maximum absolute atomic E-state index is 11.5. The number of aromatic nitrogens is 1. The van der Waals surface area contributed by atoms with Crippen LogP contribution in [0.25, 0.3) is 0 Å². The highest BCUT2D eigenvalue weighted by Crippen LogP contribution is 1.97. The molecule has 0 aliphatic rings. The lowest BCUT2D eigenvalue weighted by Gasteiger charge is -2.14. The van der Waals surface area contributed by atoms with Gasteiger partial charge in [-0.05, 0) is 12.1 Å². The number of pyridine rings is 1. The van der Waals surface area contributed by atoms with Crippen LogP contribution in [0.5, 0.6) is 0 Å². The molecule has 1 amide bonds. The fourth-order valence-electron chi connectivity index (χ4n) is 1.14. The quantitative estimate of drug-likeness (QED) is 0.712. The molecule has 1 rings (SSSR count). The second-order valence-electron chi connectivity index (χ2n) is 3.51. The number of esters is 1. The van der Waals surface area contributed by atoms with E-state index < -0.39 is 5.97 Å². The highest BCUT2D eigenvalue weighted by molar-refractivity contribution is 5.89. The molecule has 0 unspecified atom stereocenters. The van der Waals surface area contributed by atoms with Crippen LogP contribution in [0.2, 0.25) is 0 Å². The maximum atomic E-state index is 11.5. The van der Waals surface area contributed by atoms with E-state index in [0.29, 0.717) is 6.54 Å². The Labute approximate surface area is 105 Å². The van der Waals surface area contributed by atoms with Crippen LogP contribution >= 0.6 is 0 Å². The molecule has 0 fully saturated rings. The van der Waals surface area contributed by atoms with Crippen LogP contribution in [0.3, 0.4) is 0 Å². The second kappa shape index (κ2) is 7.01. The summed E-state index contributed by atoms with van der Waals surface area (Å²) in [4.78, 5) is 28.1. The molecule has 1 heterocycles. The first kappa shape index (κ1) is 13.6. The summed E-state index contributed by atoms with van der Waals surface area (Å²) in [6.45, 7) is -0.0339. The lowest BCUT2D eigenvalue weighted by atomic mass is 10.3. The van der Waals surface area contributed by atoms with Gasteiger partial charge in [-0.25, -0.2) is 9.78 Å². The molecule has 0 aliphatic heterocycles. The molecular weight excluding hydrogens is 234 g/mol. The van der Waals surface area contributed by atoms with Gasteiger partial charge in [-0.1, -0.05) is 6.07 Å². The standard InChI is InChI=1S/C12H13N3O3/c1-15(8-4-6-13)11(16)9-18-12(17)10-5-2-3-7-14-10/h2-3,5,7H,4,8-9H2,1H3. The smallest absolute Gasteiger partial charge is 0.357 e. The molecule has 0 saturated heterocycles. The molecule has 0 aromatic carbocycles. The van der Waals surface area contributed by atoms with Crippen LogP contribution in [-0.2, 0) is 9.53 Å². The summed E-state index contributed by atoms with van der Waals surface area (Å²) in [7, 11) is 1.55. The van der Waals surface area contributed by atoms with Crippen molar-refractivity contribution >= 4 is 11.9 Å². The minimum Gasteiger partial charge on any atom is -0.451 e. The number of rotatable bonds is 5. The predicted octanol–water partition coefficient (Wildman–Crippen LogP) is 0.610. The van der Waals surface area contributed by atoms with Crippen molar-refractivity contribution < 1.29 is 14.3 Å². The summed E-state index contributed by atoms with van der Waals surface area (Å²) in [6, 6.07) is 6.77. The zero-order valence-corrected chi connectivity index (χ0v) is 10.00. The molecule has 6 heteroatoms. The van der Waals surface area contributed by atoms with Gasteiger partial charge in [0.2, 0.25) is 0 Å². The van der Waals surface area contributed by atoms with E-state index in [1.807, 2.05) is 6.07 Å². The van der Waals surface area contributed by atoms with Crippen molar-refractivity contribution in [2.24, 2.45) is 0 Å². The summed E-state index contributed by atoms with van der Waals surface area (Å²) in [5.74, 6) is -0.993. The van der Waals surface area contributed by atoms with Gasteiger partial charge < -0.3 is 9.64 Å². The van der Waals surface area contributed by atoms with Crippen molar-refractivity contribution in [3.8, 4) is 6.07 Å². The molecule has 0 atom stereocenters. The largest absolute Gasteiger partial charge is 0.451 e. The van der Waals surface area contributed by atoms with E-state index in [1.54, 1.807) is 19.2 Å². The van der Waals surface area contributed by atoms with Crippen LogP contribution in [0.15, 0.2) is 24.4 Å². The van der Waals surface area contributed by atoms with Gasteiger partial charge in [0.15, 0.2) is 6.61 Å². The Hall–Kier alpha value is -2.42. The number of carbonyl (C=O) groups is 2. The normalized spacial score (nSPS) is 9.33. The lowest BCUT2D eigenvalue weighted by Crippen LogP contribution is -2.32. The molecule has 1 aromatic rings. The summed E-state index contributed by atoms with van der Waals surface area (Å²) >= 11 is 0. The summed E-state index contributed by atoms with van der Waals surface area (Å²) in [6.07, 6.45) is 1.72. The fraction of sp³-hybridized carbons (Fsp3) is 0.333. The third-order valence-corrected chi connectivity index (χ3v) is 2.19. The van der Waals surface area contributed by atoms with Gasteiger partial charge in [-0.2, -0.15) is 5.26 Å². The van der Waals surface area contributed by atoms with Crippen LogP contribution in [0.4, 0.5) is 0 Å². The zero-order valence-electron chi connectivity index (χ0n) is 10.00. The number of ether oxygens (including phenoxy) is 1. The molecule has 1 aromatic heterocycles. The van der Waals surface area contributed by atoms with Gasteiger partial charge in [-0.3, -0.25) is 4.79 Å². The van der Waals surface area contributed by atoms with Crippen molar-refractivity contribution in [1.29, 1.82) is 5.26 Å². The van der Waals surface area contributed by atoms with Crippen molar-refractivity contribution in [2.75, 3.05) is 20.2 Å². The van der Waals surface area contributed by atoms with E-state index in [9.17, 15) is 9.59 Å². The first-order valence-corrected chi connectivity index (χ1v) is 5.34. The number of likely N-dealkylation sites (N-methyl/N-ethyl adjacent to an activating group) is 1. The average molecular weight is 247 g/mol. The van der Waals surface area contributed by atoms with Crippen molar-refractivity contribution in [3.05, 3.63) is 30.1 Å². The molecule has 0 radical (unpaired) electrons. The van der Waals surface area contributed by atoms with E-state index >= 15 is 0 Å². The Balaban J connectivity index is 2.39. The van der Waals surface area contributed by atoms with Gasteiger partial charge in [-0.15, -0.1) is 0 Å². The number of amides is 1. The predicted molar refractivity (Wildman–Crippen MR) is 62.4 cm³/mol. The highest BCUT2D eigenvalue weighted by atomic mass is 16.5. The van der Waals surface area contributed by atoms with Crippen molar-refractivity contribution in [1.82, 2.24) is 9.88 Å². The number of hydrogen-bond donors (Lipinski definition) is 0. The van der Waals surface area contributed by atoms with Crippen LogP contribution in [0.1, 0.15) is 16.9 Å². The second-order valence-corrected chi connectivity index (χ2v) is 3.51. The van der Waals surface area contributed by atoms with Crippen LogP contribution < -0.4 is 0 Å². The van der Waals surface area contributed by atoms with E-state index in [-0.39, 0.29) is 24.6 Å². The van der Waals surface area contributed by atoms with E-state index in [2.05, 4.69) is 4.98 Å². The SMILES string of the molecule is CN(CCC#N)C(=O)COC(=O)c1ccccn1. The molecule has 0 spiro atoms. The number of hydrogen-bond acceptors (Lipinski definition) is 5. The minimum absolute atomic E-state index is 0.157. The molecule has 0 N–H and O–H groups in total. The topological polar surface area (TPSA) is 83.3 Å². The Morgan fingerprint density at radius 1 is 1.50 bits per heavy atom. The monoisotopic (exact) mass is 247 g/mol. The molecular formula is C12H13N3O3. The molecule has 0 bridgehead atoms. The van der Waals surface area contributed by atoms with E-state index in [4.69, 9.17) is 10.00 Å². The summed E-state index contributed by atoms with van der Waals surface area (Å²) in [5.41, 5.74) is 0.157. The van der Waals surface area contributed by atoms with Crippen molar-refractivity contribution in [2.45, 2.75) is 6.42 Å². The third-order valence-electron chi connectivity index (χ3n) is 2.19. The third kappa shape index (κ3) is 4.22. The maximum Gasteiger partial charge on any atom is 0.357 e. The van der Waals surface area contributed by atoms with Crippen LogP contribution in [0, 0.1) is 11.3 Å². The molecule has 0 saturated carbocycles. The first-order chi connectivity index (χ1) is 8.65. The zero-order chi connectivity index (χ0) is 13.4. The van der Waals surface area contributed by atoms with Gasteiger partial charge in [0.1, 0.15) is 5.69 Å². The highest BCUT2D eigenvalue weighted by Gasteiger charge is 2.13. The summed E-state index contributed by atoms with van der Waals surface area (Å²) < 4.78 is 4.82. The molecule has 0 aliphatic carbocycles. The number of nitriles is 1. The minimum atomic E-state index is -0.641. The van der Waals surface area contributed by atoms with Gasteiger partial charge in [0, 0.05) is 19.8 Å². The Kier molecular flexibility index (Phi) is 5.32. The van der Waals surface area contributed by atoms with Gasteiger partial charge in [0.05, 0.1) is 12.5 Å². The van der Waals surface area contributed by atoms with Crippen LogP contribution in [-0.4, -0.2) is 42.0 Å². The lowest BCUT2D eigenvalue weighted by molar-refractivity contribution is -0.133. The number of nitrogens with zero attached hydrogens (tertiary/aromatic N) is 3. The fourth-order valence-corrected chi connectivity index (χ4v) is 1.14. The number of carbonyl (C=O) groups excluding carboxylic acids is 2.